The summed E-state index contributed by atoms with van der Waals surface area (Å²) in [6.07, 6.45) is 4.41. The van der Waals surface area contributed by atoms with Crippen LogP contribution >= 0.6 is 0 Å². The van der Waals surface area contributed by atoms with Gasteiger partial charge in [0.25, 0.3) is 0 Å². The van der Waals surface area contributed by atoms with Crippen LogP contribution in [0.15, 0.2) is 18.2 Å². The van der Waals surface area contributed by atoms with Crippen LogP contribution in [0.1, 0.15) is 31.2 Å². The topological polar surface area (TPSA) is 47.8 Å². The Labute approximate surface area is 107 Å². The molecule has 4 heteroatoms. The van der Waals surface area contributed by atoms with E-state index in [4.69, 9.17) is 5.26 Å². The summed E-state index contributed by atoms with van der Waals surface area (Å²) in [7, 11) is 1.99. The van der Waals surface area contributed by atoms with Crippen LogP contribution in [0.25, 0.3) is 0 Å². The van der Waals surface area contributed by atoms with Crippen molar-refractivity contribution in [1.29, 1.82) is 5.26 Å². The molecule has 0 heterocycles. The maximum atomic E-state index is 13.3. The summed E-state index contributed by atoms with van der Waals surface area (Å²) in [5.74, 6) is -0.361. The van der Waals surface area contributed by atoms with E-state index in [1.54, 1.807) is 6.07 Å². The highest BCUT2D eigenvalue weighted by molar-refractivity contribution is 5.50. The minimum absolute atomic E-state index is 0.361. The van der Waals surface area contributed by atoms with Gasteiger partial charge in [0, 0.05) is 17.8 Å². The Bertz CT molecular complexity index is 445. The lowest BCUT2D eigenvalue weighted by molar-refractivity contribution is 0.371. The van der Waals surface area contributed by atoms with Crippen molar-refractivity contribution >= 4 is 5.69 Å². The van der Waals surface area contributed by atoms with Crippen molar-refractivity contribution in [1.82, 2.24) is 5.32 Å². The summed E-state index contributed by atoms with van der Waals surface area (Å²) in [4.78, 5) is 0. The molecule has 1 saturated carbocycles. The van der Waals surface area contributed by atoms with Gasteiger partial charge in [-0.15, -0.1) is 0 Å². The van der Waals surface area contributed by atoms with Gasteiger partial charge in [-0.3, -0.25) is 0 Å². The van der Waals surface area contributed by atoms with Crippen LogP contribution in [0.3, 0.4) is 0 Å². The van der Waals surface area contributed by atoms with Crippen molar-refractivity contribution in [2.75, 3.05) is 12.4 Å². The lowest BCUT2D eigenvalue weighted by Crippen LogP contribution is -2.34. The molecule has 0 spiro atoms. The maximum absolute atomic E-state index is 13.3. The van der Waals surface area contributed by atoms with Gasteiger partial charge in [-0.2, -0.15) is 5.26 Å². The first-order valence-corrected chi connectivity index (χ1v) is 6.35. The van der Waals surface area contributed by atoms with Crippen LogP contribution in [-0.4, -0.2) is 19.1 Å². The van der Waals surface area contributed by atoms with Gasteiger partial charge in [0.2, 0.25) is 0 Å². The number of hydrogen-bond acceptors (Lipinski definition) is 3. The lowest BCUT2D eigenvalue weighted by Gasteiger charge is -2.29. The molecule has 3 nitrogen and oxygen atoms in total. The number of rotatable bonds is 3. The highest BCUT2D eigenvalue weighted by Crippen LogP contribution is 2.23. The normalized spacial score (nSPS) is 23.4. The van der Waals surface area contributed by atoms with E-state index in [0.717, 1.165) is 25.7 Å². The minimum atomic E-state index is -0.361. The van der Waals surface area contributed by atoms with Crippen LogP contribution in [0.2, 0.25) is 0 Å². The van der Waals surface area contributed by atoms with Crippen LogP contribution in [0.4, 0.5) is 10.1 Å². The Hall–Kier alpha value is -1.60. The monoisotopic (exact) mass is 247 g/mol. The van der Waals surface area contributed by atoms with Gasteiger partial charge in [-0.05, 0) is 50.9 Å². The average Bonchev–Trinajstić information content (AvgIpc) is 2.39. The Balaban J connectivity index is 1.98. The van der Waals surface area contributed by atoms with Crippen molar-refractivity contribution in [3.63, 3.8) is 0 Å². The average molecular weight is 247 g/mol. The molecule has 1 aromatic rings. The highest BCUT2D eigenvalue weighted by Gasteiger charge is 2.19. The van der Waals surface area contributed by atoms with Gasteiger partial charge in [-0.1, -0.05) is 0 Å². The first-order chi connectivity index (χ1) is 8.71. The molecule has 0 radical (unpaired) electrons. The van der Waals surface area contributed by atoms with E-state index in [1.165, 1.54) is 12.1 Å². The molecule has 96 valence electrons. The zero-order valence-electron chi connectivity index (χ0n) is 10.5. The number of nitriles is 1. The molecule has 1 aliphatic rings. The quantitative estimate of drug-likeness (QED) is 0.863. The fourth-order valence-corrected chi connectivity index (χ4v) is 2.50. The van der Waals surface area contributed by atoms with Crippen molar-refractivity contribution in [2.24, 2.45) is 0 Å². The molecule has 0 amide bonds. The predicted octanol–water partition coefficient (Wildman–Crippen LogP) is 2.64. The molecular weight excluding hydrogens is 229 g/mol. The second-order valence-electron chi connectivity index (χ2n) is 4.82. The zero-order chi connectivity index (χ0) is 13.0. The smallest absolute Gasteiger partial charge is 0.126 e. The van der Waals surface area contributed by atoms with Gasteiger partial charge in [0.1, 0.15) is 5.82 Å². The molecule has 1 fully saturated rings. The maximum Gasteiger partial charge on any atom is 0.126 e. The molecular formula is C14H18FN3. The summed E-state index contributed by atoms with van der Waals surface area (Å²) in [5.41, 5.74) is 1.07. The van der Waals surface area contributed by atoms with E-state index in [2.05, 4.69) is 10.6 Å². The van der Waals surface area contributed by atoms with Gasteiger partial charge < -0.3 is 10.6 Å². The third-order valence-corrected chi connectivity index (χ3v) is 3.53. The number of hydrogen-bond donors (Lipinski definition) is 2. The van der Waals surface area contributed by atoms with Crippen molar-refractivity contribution in [3.8, 4) is 6.07 Å². The summed E-state index contributed by atoms with van der Waals surface area (Å²) >= 11 is 0. The molecule has 1 aromatic carbocycles. The molecule has 2 N–H and O–H groups in total. The van der Waals surface area contributed by atoms with Gasteiger partial charge in [0.15, 0.2) is 0 Å². The SMILES string of the molecule is CNC1CCC(Nc2cc(F)cc(C#N)c2)CC1. The Kier molecular flexibility index (Phi) is 4.16. The molecule has 0 unspecified atom stereocenters. The highest BCUT2D eigenvalue weighted by atomic mass is 19.1. The van der Waals surface area contributed by atoms with E-state index >= 15 is 0 Å². The van der Waals surface area contributed by atoms with Crippen molar-refractivity contribution < 1.29 is 4.39 Å². The molecule has 0 aliphatic heterocycles. The number of anilines is 1. The molecule has 18 heavy (non-hydrogen) atoms. The van der Waals surface area contributed by atoms with Crippen molar-refractivity contribution in [2.45, 2.75) is 37.8 Å². The fourth-order valence-electron chi connectivity index (χ4n) is 2.50. The van der Waals surface area contributed by atoms with Crippen LogP contribution in [-0.2, 0) is 0 Å². The molecule has 0 aromatic heterocycles. The Morgan fingerprint density at radius 1 is 1.17 bits per heavy atom. The van der Waals surface area contributed by atoms with E-state index in [-0.39, 0.29) is 5.82 Å². The number of benzene rings is 1. The van der Waals surface area contributed by atoms with E-state index in [0.29, 0.717) is 23.3 Å². The van der Waals surface area contributed by atoms with Gasteiger partial charge in [-0.25, -0.2) is 4.39 Å². The Morgan fingerprint density at radius 3 is 2.44 bits per heavy atom. The standard InChI is InChI=1S/C14H18FN3/c1-17-12-2-4-13(5-3-12)18-14-7-10(9-16)6-11(15)8-14/h6-8,12-13,17-18H,2-5H2,1H3. The molecule has 1 aliphatic carbocycles. The summed E-state index contributed by atoms with van der Waals surface area (Å²) < 4.78 is 13.3. The first kappa shape index (κ1) is 12.8. The van der Waals surface area contributed by atoms with Gasteiger partial charge in [0.05, 0.1) is 11.6 Å². The van der Waals surface area contributed by atoms with Crippen LogP contribution in [0.5, 0.6) is 0 Å². The summed E-state index contributed by atoms with van der Waals surface area (Å²) in [6.45, 7) is 0. The third kappa shape index (κ3) is 3.21. The second kappa shape index (κ2) is 5.83. The minimum Gasteiger partial charge on any atom is -0.382 e. The van der Waals surface area contributed by atoms with E-state index < -0.39 is 0 Å². The summed E-state index contributed by atoms with van der Waals surface area (Å²) in [5, 5.41) is 15.4. The largest absolute Gasteiger partial charge is 0.382 e. The molecule has 0 atom stereocenters. The van der Waals surface area contributed by atoms with Crippen LogP contribution in [0, 0.1) is 17.1 Å². The van der Waals surface area contributed by atoms with Gasteiger partial charge >= 0.3 is 0 Å². The lowest BCUT2D eigenvalue weighted by atomic mass is 9.91. The Morgan fingerprint density at radius 2 is 1.83 bits per heavy atom. The van der Waals surface area contributed by atoms with E-state index in [1.807, 2.05) is 13.1 Å². The summed E-state index contributed by atoms with van der Waals surface area (Å²) in [6, 6.07) is 7.36. The molecule has 0 saturated heterocycles. The second-order valence-corrected chi connectivity index (χ2v) is 4.82. The fraction of sp³-hybridized carbons (Fsp3) is 0.500. The number of halogens is 1. The first-order valence-electron chi connectivity index (χ1n) is 6.35. The molecule has 2 rings (SSSR count). The number of nitrogens with zero attached hydrogens (tertiary/aromatic N) is 1. The van der Waals surface area contributed by atoms with Crippen molar-refractivity contribution in [3.05, 3.63) is 29.6 Å². The zero-order valence-corrected chi connectivity index (χ0v) is 10.5. The number of nitrogens with one attached hydrogen (secondary N) is 2. The third-order valence-electron chi connectivity index (χ3n) is 3.53. The predicted molar refractivity (Wildman–Crippen MR) is 69.8 cm³/mol. The van der Waals surface area contributed by atoms with E-state index in [9.17, 15) is 4.39 Å². The molecule has 0 bridgehead atoms. The van der Waals surface area contributed by atoms with Crippen LogP contribution < -0.4 is 10.6 Å².